The van der Waals surface area contributed by atoms with Gasteiger partial charge in [-0.2, -0.15) is 0 Å². The van der Waals surface area contributed by atoms with Crippen molar-refractivity contribution in [3.8, 4) is 0 Å². The number of amides is 1. The number of aryl methyl sites for hydroxylation is 1. The Bertz CT molecular complexity index is 470. The van der Waals surface area contributed by atoms with Gasteiger partial charge in [0.25, 0.3) is 0 Å². The fraction of sp³-hybridized carbons (Fsp3) is 0.467. The molecule has 1 fully saturated rings. The lowest BCUT2D eigenvalue weighted by Crippen LogP contribution is -2.44. The monoisotopic (exact) mass is 276 g/mol. The Morgan fingerprint density at radius 2 is 2.11 bits per heavy atom. The van der Waals surface area contributed by atoms with Gasteiger partial charge < -0.3 is 10.6 Å². The van der Waals surface area contributed by atoms with Crippen LogP contribution in [-0.2, 0) is 11.2 Å². The minimum atomic E-state index is 0.171. The predicted octanol–water partition coefficient (Wildman–Crippen LogP) is 2.06. The van der Waals surface area contributed by atoms with Crippen molar-refractivity contribution in [3.05, 3.63) is 35.4 Å². The molecule has 1 aromatic rings. The van der Waals surface area contributed by atoms with Crippen LogP contribution in [0.4, 0.5) is 0 Å². The van der Waals surface area contributed by atoms with Gasteiger partial charge in [-0.1, -0.05) is 42.0 Å². The second-order valence-corrected chi connectivity index (χ2v) is 5.72. The van der Waals surface area contributed by atoms with Crippen LogP contribution in [0.1, 0.15) is 24.0 Å². The Labute approximate surface area is 119 Å². The maximum atomic E-state index is 12.3. The second kappa shape index (κ2) is 6.15. The zero-order valence-electron chi connectivity index (χ0n) is 11.3. The van der Waals surface area contributed by atoms with E-state index in [9.17, 15) is 4.79 Å². The number of likely N-dealkylation sites (tertiary alicyclic amines) is 1. The lowest BCUT2D eigenvalue weighted by Gasteiger charge is -2.32. The van der Waals surface area contributed by atoms with Gasteiger partial charge in [0.2, 0.25) is 5.91 Å². The highest BCUT2D eigenvalue weighted by Crippen LogP contribution is 2.18. The minimum absolute atomic E-state index is 0.171. The number of benzene rings is 1. The highest BCUT2D eigenvalue weighted by atomic mass is 32.1. The molecule has 0 radical (unpaired) electrons. The molecule has 1 aromatic carbocycles. The Morgan fingerprint density at radius 1 is 1.42 bits per heavy atom. The first-order valence-corrected chi connectivity index (χ1v) is 7.09. The van der Waals surface area contributed by atoms with Crippen LogP contribution in [0.5, 0.6) is 0 Å². The van der Waals surface area contributed by atoms with E-state index in [2.05, 4.69) is 0 Å². The van der Waals surface area contributed by atoms with Crippen LogP contribution in [0.2, 0.25) is 0 Å². The van der Waals surface area contributed by atoms with Gasteiger partial charge in [0.05, 0.1) is 11.4 Å². The first-order valence-electron chi connectivity index (χ1n) is 6.69. The summed E-state index contributed by atoms with van der Waals surface area (Å²) in [7, 11) is 0. The fourth-order valence-corrected chi connectivity index (χ4v) is 2.62. The summed E-state index contributed by atoms with van der Waals surface area (Å²) >= 11 is 5.04. The maximum Gasteiger partial charge on any atom is 0.227 e. The van der Waals surface area contributed by atoms with Gasteiger partial charge in [-0.15, -0.1) is 0 Å². The Hall–Kier alpha value is -1.42. The van der Waals surface area contributed by atoms with Crippen molar-refractivity contribution in [3.63, 3.8) is 0 Å². The second-order valence-electron chi connectivity index (χ2n) is 5.24. The number of hydrogen-bond acceptors (Lipinski definition) is 2. The molecule has 1 atom stereocenters. The van der Waals surface area contributed by atoms with Gasteiger partial charge in [-0.25, -0.2) is 0 Å². The summed E-state index contributed by atoms with van der Waals surface area (Å²) in [6.45, 7) is 3.55. The number of carbonyl (C=O) groups is 1. The van der Waals surface area contributed by atoms with E-state index in [1.165, 1.54) is 5.56 Å². The SMILES string of the molecule is Cc1ccc(CC(=O)N2CCCC(C(N)=S)C2)cc1. The van der Waals surface area contributed by atoms with Crippen molar-refractivity contribution in [2.45, 2.75) is 26.2 Å². The fourth-order valence-electron chi connectivity index (χ4n) is 2.43. The number of nitrogens with zero attached hydrogens (tertiary/aromatic N) is 1. The average Bonchev–Trinajstić information content (AvgIpc) is 2.41. The summed E-state index contributed by atoms with van der Waals surface area (Å²) in [5, 5.41) is 0. The molecule has 1 aliphatic heterocycles. The number of thiocarbonyl (C=S) groups is 1. The first-order chi connectivity index (χ1) is 9.06. The van der Waals surface area contributed by atoms with E-state index in [0.717, 1.165) is 24.9 Å². The van der Waals surface area contributed by atoms with Gasteiger partial charge >= 0.3 is 0 Å². The molecule has 1 amide bonds. The molecule has 1 heterocycles. The van der Waals surface area contributed by atoms with Gasteiger partial charge in [0.1, 0.15) is 0 Å². The molecule has 1 aliphatic rings. The number of hydrogen-bond donors (Lipinski definition) is 1. The molecule has 102 valence electrons. The largest absolute Gasteiger partial charge is 0.393 e. The zero-order valence-corrected chi connectivity index (χ0v) is 12.1. The van der Waals surface area contributed by atoms with Crippen molar-refractivity contribution in [2.75, 3.05) is 13.1 Å². The molecule has 4 heteroatoms. The molecule has 19 heavy (non-hydrogen) atoms. The number of piperidine rings is 1. The summed E-state index contributed by atoms with van der Waals surface area (Å²) in [5.41, 5.74) is 7.97. The molecule has 2 rings (SSSR count). The average molecular weight is 276 g/mol. The van der Waals surface area contributed by atoms with Crippen molar-refractivity contribution >= 4 is 23.1 Å². The van der Waals surface area contributed by atoms with Crippen molar-refractivity contribution < 1.29 is 4.79 Å². The lowest BCUT2D eigenvalue weighted by atomic mass is 9.97. The summed E-state index contributed by atoms with van der Waals surface area (Å²) in [5.74, 6) is 0.357. The highest BCUT2D eigenvalue weighted by molar-refractivity contribution is 7.80. The van der Waals surface area contributed by atoms with E-state index < -0.39 is 0 Å². The summed E-state index contributed by atoms with van der Waals surface area (Å²) in [4.78, 5) is 14.7. The summed E-state index contributed by atoms with van der Waals surface area (Å²) in [6.07, 6.45) is 2.45. The van der Waals surface area contributed by atoms with E-state index in [1.807, 2.05) is 36.1 Å². The van der Waals surface area contributed by atoms with Crippen LogP contribution < -0.4 is 5.73 Å². The Morgan fingerprint density at radius 3 is 2.74 bits per heavy atom. The third-order valence-corrected chi connectivity index (χ3v) is 3.99. The van der Waals surface area contributed by atoms with E-state index >= 15 is 0 Å². The zero-order chi connectivity index (χ0) is 13.8. The number of nitrogens with two attached hydrogens (primary N) is 1. The van der Waals surface area contributed by atoms with Crippen LogP contribution in [0.3, 0.4) is 0 Å². The van der Waals surface area contributed by atoms with E-state index in [1.54, 1.807) is 0 Å². The van der Waals surface area contributed by atoms with Crippen LogP contribution >= 0.6 is 12.2 Å². The van der Waals surface area contributed by atoms with Gasteiger partial charge in [-0.3, -0.25) is 4.79 Å². The minimum Gasteiger partial charge on any atom is -0.393 e. The van der Waals surface area contributed by atoms with Crippen molar-refractivity contribution in [2.24, 2.45) is 11.7 Å². The normalized spacial score (nSPS) is 19.2. The number of carbonyl (C=O) groups excluding carboxylic acids is 1. The topological polar surface area (TPSA) is 46.3 Å². The molecular weight excluding hydrogens is 256 g/mol. The van der Waals surface area contributed by atoms with Crippen molar-refractivity contribution in [1.82, 2.24) is 4.90 Å². The number of rotatable bonds is 3. The lowest BCUT2D eigenvalue weighted by molar-refractivity contribution is -0.131. The third kappa shape index (κ3) is 3.77. The molecule has 1 unspecified atom stereocenters. The van der Waals surface area contributed by atoms with Gasteiger partial charge in [-0.05, 0) is 25.3 Å². The van der Waals surface area contributed by atoms with E-state index in [0.29, 0.717) is 18.0 Å². The maximum absolute atomic E-state index is 12.3. The van der Waals surface area contributed by atoms with E-state index in [4.69, 9.17) is 18.0 Å². The smallest absolute Gasteiger partial charge is 0.227 e. The molecule has 0 aliphatic carbocycles. The molecule has 0 spiro atoms. The van der Waals surface area contributed by atoms with Crippen LogP contribution in [0, 0.1) is 12.8 Å². The molecule has 0 bridgehead atoms. The molecule has 3 nitrogen and oxygen atoms in total. The standard InChI is InChI=1S/C15H20N2OS/c1-11-4-6-12(7-5-11)9-14(18)17-8-2-3-13(10-17)15(16)19/h4-7,13H,2-3,8-10H2,1H3,(H2,16,19). The quantitative estimate of drug-likeness (QED) is 0.860. The van der Waals surface area contributed by atoms with Crippen LogP contribution in [-0.4, -0.2) is 28.9 Å². The Kier molecular flexibility index (Phi) is 4.53. The van der Waals surface area contributed by atoms with Crippen molar-refractivity contribution in [1.29, 1.82) is 0 Å². The summed E-state index contributed by atoms with van der Waals surface area (Å²) < 4.78 is 0. The van der Waals surface area contributed by atoms with Gasteiger partial charge in [0.15, 0.2) is 0 Å². The van der Waals surface area contributed by atoms with Crippen LogP contribution in [0.25, 0.3) is 0 Å². The Balaban J connectivity index is 1.96. The highest BCUT2D eigenvalue weighted by Gasteiger charge is 2.24. The molecule has 2 N–H and O–H groups in total. The predicted molar refractivity (Wildman–Crippen MR) is 81.0 cm³/mol. The van der Waals surface area contributed by atoms with Crippen LogP contribution in [0.15, 0.2) is 24.3 Å². The third-order valence-electron chi connectivity index (χ3n) is 3.65. The molecule has 0 aromatic heterocycles. The first kappa shape index (κ1) is 14.0. The van der Waals surface area contributed by atoms with E-state index in [-0.39, 0.29) is 11.8 Å². The van der Waals surface area contributed by atoms with Gasteiger partial charge in [0, 0.05) is 19.0 Å². The molecule has 0 saturated carbocycles. The molecule has 1 saturated heterocycles. The summed E-state index contributed by atoms with van der Waals surface area (Å²) in [6, 6.07) is 8.11. The molecular formula is C15H20N2OS.